The molecule has 1 aliphatic rings. The molecule has 1 unspecified atom stereocenters. The minimum absolute atomic E-state index is 0.100. The van der Waals surface area contributed by atoms with E-state index in [4.69, 9.17) is 9.63 Å². The third-order valence-corrected chi connectivity index (χ3v) is 2.90. The Morgan fingerprint density at radius 2 is 2.39 bits per heavy atom. The zero-order valence-corrected chi connectivity index (χ0v) is 10.1. The van der Waals surface area contributed by atoms with Gasteiger partial charge >= 0.3 is 5.97 Å². The highest BCUT2D eigenvalue weighted by atomic mass is 16.5. The van der Waals surface area contributed by atoms with Gasteiger partial charge in [0.2, 0.25) is 11.8 Å². The van der Waals surface area contributed by atoms with Gasteiger partial charge in [0.25, 0.3) is 0 Å². The number of likely N-dealkylation sites (tertiary alicyclic amines) is 1. The maximum atomic E-state index is 11.6. The Kier molecular flexibility index (Phi) is 3.59. The van der Waals surface area contributed by atoms with E-state index in [0.29, 0.717) is 24.6 Å². The molecule has 1 N–H and O–H groups in total. The van der Waals surface area contributed by atoms with Crippen LogP contribution < -0.4 is 0 Å². The zero-order valence-electron chi connectivity index (χ0n) is 10.1. The van der Waals surface area contributed by atoms with Crippen molar-refractivity contribution in [1.29, 1.82) is 0 Å². The number of nitrogens with zero attached hydrogens (tertiary/aromatic N) is 3. The van der Waals surface area contributed by atoms with Crippen LogP contribution in [0.5, 0.6) is 0 Å². The van der Waals surface area contributed by atoms with Gasteiger partial charge in [-0.2, -0.15) is 4.98 Å². The van der Waals surface area contributed by atoms with Crippen LogP contribution in [0.15, 0.2) is 4.52 Å². The van der Waals surface area contributed by atoms with E-state index in [-0.39, 0.29) is 18.9 Å². The first-order valence-electron chi connectivity index (χ1n) is 5.95. The lowest BCUT2D eigenvalue weighted by molar-refractivity contribution is -0.146. The fourth-order valence-corrected chi connectivity index (χ4v) is 2.01. The first kappa shape index (κ1) is 12.5. The molecular formula is C11H15N3O4. The van der Waals surface area contributed by atoms with E-state index in [1.165, 1.54) is 4.90 Å². The minimum atomic E-state index is -0.988. The number of rotatable bonds is 5. The highest BCUT2D eigenvalue weighted by molar-refractivity contribution is 5.87. The van der Waals surface area contributed by atoms with Crippen molar-refractivity contribution in [2.75, 3.05) is 0 Å². The average Bonchev–Trinajstić information content (AvgIpc) is 2.89. The maximum Gasteiger partial charge on any atom is 0.326 e. The van der Waals surface area contributed by atoms with Crippen LogP contribution in [0, 0.1) is 0 Å². The second kappa shape index (κ2) is 5.16. The lowest BCUT2D eigenvalue weighted by Crippen LogP contribution is -2.38. The van der Waals surface area contributed by atoms with Crippen LogP contribution in [-0.2, 0) is 22.6 Å². The van der Waals surface area contributed by atoms with Crippen LogP contribution >= 0.6 is 0 Å². The van der Waals surface area contributed by atoms with Gasteiger partial charge in [-0.25, -0.2) is 4.79 Å². The van der Waals surface area contributed by atoms with Gasteiger partial charge in [-0.15, -0.1) is 0 Å². The number of carbonyl (C=O) groups is 2. The van der Waals surface area contributed by atoms with Crippen LogP contribution in [-0.4, -0.2) is 38.1 Å². The quantitative estimate of drug-likeness (QED) is 0.825. The molecule has 7 heteroatoms. The average molecular weight is 253 g/mol. The van der Waals surface area contributed by atoms with Gasteiger partial charge in [0.1, 0.15) is 6.04 Å². The predicted molar refractivity (Wildman–Crippen MR) is 59.5 cm³/mol. The monoisotopic (exact) mass is 253 g/mol. The Morgan fingerprint density at radius 3 is 3.06 bits per heavy atom. The number of aromatic nitrogens is 2. The van der Waals surface area contributed by atoms with Crippen LogP contribution in [0.4, 0.5) is 0 Å². The topological polar surface area (TPSA) is 96.5 Å². The molecule has 0 saturated carbocycles. The number of hydrogen-bond acceptors (Lipinski definition) is 5. The van der Waals surface area contributed by atoms with Gasteiger partial charge in [-0.1, -0.05) is 12.1 Å². The zero-order chi connectivity index (χ0) is 13.1. The standard InChI is InChI=1S/C11H15N3O4/c1-2-3-9-12-8(13-18-9)6-14-7(11(16)17)4-5-10(14)15/h7H,2-6H2,1H3,(H,16,17). The molecule has 98 valence electrons. The van der Waals surface area contributed by atoms with Gasteiger partial charge in [0, 0.05) is 12.8 Å². The summed E-state index contributed by atoms with van der Waals surface area (Å²) >= 11 is 0. The summed E-state index contributed by atoms with van der Waals surface area (Å²) in [5, 5.41) is 12.8. The summed E-state index contributed by atoms with van der Waals surface area (Å²) in [5.41, 5.74) is 0. The molecule has 1 aromatic rings. The van der Waals surface area contributed by atoms with Crippen LogP contribution in [0.1, 0.15) is 37.9 Å². The molecule has 1 saturated heterocycles. The van der Waals surface area contributed by atoms with Crippen LogP contribution in [0.25, 0.3) is 0 Å². The molecular weight excluding hydrogens is 238 g/mol. The predicted octanol–water partition coefficient (Wildman–Crippen LogP) is 0.598. The van der Waals surface area contributed by atoms with Crippen molar-refractivity contribution >= 4 is 11.9 Å². The van der Waals surface area contributed by atoms with Gasteiger partial charge in [0.05, 0.1) is 6.54 Å². The lowest BCUT2D eigenvalue weighted by atomic mass is 10.2. The SMILES string of the molecule is CCCc1nc(CN2C(=O)CCC2C(=O)O)no1. The largest absolute Gasteiger partial charge is 0.480 e. The summed E-state index contributed by atoms with van der Waals surface area (Å²) in [5.74, 6) is -0.284. The molecule has 2 rings (SSSR count). The van der Waals surface area contributed by atoms with E-state index in [1.807, 2.05) is 6.92 Å². The molecule has 1 fully saturated rings. The molecule has 0 radical (unpaired) electrons. The number of carbonyl (C=O) groups excluding carboxylic acids is 1. The second-order valence-electron chi connectivity index (χ2n) is 4.27. The molecule has 7 nitrogen and oxygen atoms in total. The Hall–Kier alpha value is -1.92. The summed E-state index contributed by atoms with van der Waals surface area (Å²) < 4.78 is 5.00. The lowest BCUT2D eigenvalue weighted by Gasteiger charge is -2.19. The van der Waals surface area contributed by atoms with Crippen molar-refractivity contribution in [1.82, 2.24) is 15.0 Å². The number of aryl methyl sites for hydroxylation is 1. The summed E-state index contributed by atoms with van der Waals surface area (Å²) in [6, 6.07) is -0.773. The number of carboxylic acid groups (broad SMARTS) is 1. The van der Waals surface area contributed by atoms with E-state index in [0.717, 1.165) is 6.42 Å². The molecule has 1 atom stereocenters. The van der Waals surface area contributed by atoms with Crippen molar-refractivity contribution in [3.8, 4) is 0 Å². The van der Waals surface area contributed by atoms with Gasteiger partial charge in [0.15, 0.2) is 5.82 Å². The molecule has 18 heavy (non-hydrogen) atoms. The summed E-state index contributed by atoms with van der Waals surface area (Å²) in [6.45, 7) is 2.09. The molecule has 1 aromatic heterocycles. The van der Waals surface area contributed by atoms with Gasteiger partial charge < -0.3 is 14.5 Å². The van der Waals surface area contributed by atoms with Crippen molar-refractivity contribution in [3.63, 3.8) is 0 Å². The van der Waals surface area contributed by atoms with Crippen LogP contribution in [0.3, 0.4) is 0 Å². The van der Waals surface area contributed by atoms with E-state index in [1.54, 1.807) is 0 Å². The molecule has 0 aliphatic carbocycles. The summed E-state index contributed by atoms with van der Waals surface area (Å²) in [7, 11) is 0. The Bertz CT molecular complexity index is 457. The minimum Gasteiger partial charge on any atom is -0.480 e. The maximum absolute atomic E-state index is 11.6. The Balaban J connectivity index is 2.06. The van der Waals surface area contributed by atoms with E-state index in [9.17, 15) is 9.59 Å². The molecule has 0 spiro atoms. The third kappa shape index (κ3) is 2.49. The van der Waals surface area contributed by atoms with Crippen molar-refractivity contribution in [3.05, 3.63) is 11.7 Å². The highest BCUT2D eigenvalue weighted by Gasteiger charge is 2.36. The highest BCUT2D eigenvalue weighted by Crippen LogP contribution is 2.20. The smallest absolute Gasteiger partial charge is 0.326 e. The van der Waals surface area contributed by atoms with Gasteiger partial charge in [-0.3, -0.25) is 4.79 Å². The Morgan fingerprint density at radius 1 is 1.61 bits per heavy atom. The van der Waals surface area contributed by atoms with Crippen molar-refractivity contribution < 1.29 is 19.2 Å². The summed E-state index contributed by atoms with van der Waals surface area (Å²) in [4.78, 5) is 28.0. The summed E-state index contributed by atoms with van der Waals surface area (Å²) in [6.07, 6.45) is 2.18. The number of amides is 1. The number of carboxylic acids is 1. The third-order valence-electron chi connectivity index (χ3n) is 2.90. The Labute approximate surface area is 104 Å². The molecule has 1 amide bonds. The van der Waals surface area contributed by atoms with Crippen LogP contribution in [0.2, 0.25) is 0 Å². The van der Waals surface area contributed by atoms with Crippen molar-refractivity contribution in [2.45, 2.75) is 45.2 Å². The molecule has 2 heterocycles. The first-order valence-corrected chi connectivity index (χ1v) is 5.95. The van der Waals surface area contributed by atoms with Crippen molar-refractivity contribution in [2.24, 2.45) is 0 Å². The van der Waals surface area contributed by atoms with E-state index in [2.05, 4.69) is 10.1 Å². The second-order valence-corrected chi connectivity index (χ2v) is 4.27. The molecule has 0 bridgehead atoms. The molecule has 0 aromatic carbocycles. The normalized spacial score (nSPS) is 19.5. The first-order chi connectivity index (χ1) is 8.61. The molecule has 1 aliphatic heterocycles. The van der Waals surface area contributed by atoms with Gasteiger partial charge in [-0.05, 0) is 12.8 Å². The fraction of sp³-hybridized carbons (Fsp3) is 0.636. The number of hydrogen-bond donors (Lipinski definition) is 1. The fourth-order valence-electron chi connectivity index (χ4n) is 2.01. The van der Waals surface area contributed by atoms with E-state index < -0.39 is 12.0 Å². The number of aliphatic carboxylic acids is 1. The van der Waals surface area contributed by atoms with E-state index >= 15 is 0 Å².